The van der Waals surface area contributed by atoms with E-state index in [-0.39, 0.29) is 29.0 Å². The van der Waals surface area contributed by atoms with Gasteiger partial charge in [0.15, 0.2) is 23.0 Å². The van der Waals surface area contributed by atoms with E-state index in [0.717, 1.165) is 59.1 Å². The van der Waals surface area contributed by atoms with Crippen LogP contribution in [-0.4, -0.2) is 38.0 Å². The van der Waals surface area contributed by atoms with E-state index in [0.29, 0.717) is 13.0 Å². The Morgan fingerprint density at radius 3 is 2.47 bits per heavy atom. The molecular weight excluding hydrogens is 402 g/mol. The van der Waals surface area contributed by atoms with Crippen molar-refractivity contribution in [3.8, 4) is 23.0 Å². The minimum absolute atomic E-state index is 0.0120. The maximum Gasteiger partial charge on any atom is 0.166 e. The van der Waals surface area contributed by atoms with E-state index >= 15 is 0 Å². The van der Waals surface area contributed by atoms with Crippen LogP contribution in [0.15, 0.2) is 47.6 Å². The minimum atomic E-state index is -0.0865. The number of rotatable bonds is 5. The van der Waals surface area contributed by atoms with Crippen molar-refractivity contribution >= 4 is 0 Å². The highest BCUT2D eigenvalue weighted by atomic mass is 16.3. The van der Waals surface area contributed by atoms with Crippen LogP contribution in [0.2, 0.25) is 0 Å². The molecule has 0 unspecified atom stereocenters. The van der Waals surface area contributed by atoms with Crippen molar-refractivity contribution in [3.05, 3.63) is 69.8 Å². The third kappa shape index (κ3) is 4.09. The van der Waals surface area contributed by atoms with Crippen LogP contribution in [0.4, 0.5) is 0 Å². The van der Waals surface area contributed by atoms with Gasteiger partial charge >= 0.3 is 0 Å². The first-order valence-corrected chi connectivity index (χ1v) is 11.4. The van der Waals surface area contributed by atoms with Crippen molar-refractivity contribution in [2.45, 2.75) is 59.0 Å². The van der Waals surface area contributed by atoms with Gasteiger partial charge in [0, 0.05) is 18.4 Å². The number of benzene rings is 2. The molecular formula is C27H34NO4+. The van der Waals surface area contributed by atoms with E-state index in [9.17, 15) is 20.4 Å². The summed E-state index contributed by atoms with van der Waals surface area (Å²) in [5.74, 6) is -0.245. The molecule has 0 saturated carbocycles. The molecule has 0 spiro atoms. The van der Waals surface area contributed by atoms with E-state index in [2.05, 4.69) is 32.9 Å². The van der Waals surface area contributed by atoms with Gasteiger partial charge in [0.2, 0.25) is 0 Å². The molecule has 170 valence electrons. The van der Waals surface area contributed by atoms with E-state index in [1.807, 2.05) is 6.07 Å². The highest BCUT2D eigenvalue weighted by Crippen LogP contribution is 2.49. The number of allylic oxidation sites excluding steroid dienone is 3. The molecule has 4 N–H and O–H groups in total. The minimum Gasteiger partial charge on any atom is -0.504 e. The Bertz CT molecular complexity index is 1100. The van der Waals surface area contributed by atoms with Gasteiger partial charge in [0.25, 0.3) is 0 Å². The first-order chi connectivity index (χ1) is 15.2. The van der Waals surface area contributed by atoms with Crippen LogP contribution in [0, 0.1) is 0 Å². The molecule has 0 aliphatic carbocycles. The molecule has 0 radical (unpaired) electrons. The molecule has 5 heteroatoms. The van der Waals surface area contributed by atoms with Gasteiger partial charge in [-0.05, 0) is 69.0 Å². The fraction of sp³-hybridized carbons (Fsp3) is 0.407. The summed E-state index contributed by atoms with van der Waals surface area (Å²) in [5, 5.41) is 41.0. The normalized spacial score (nSPS) is 22.0. The van der Waals surface area contributed by atoms with Crippen molar-refractivity contribution in [1.29, 1.82) is 0 Å². The van der Waals surface area contributed by atoms with E-state index < -0.39 is 0 Å². The monoisotopic (exact) mass is 436 g/mol. The standard InChI is InChI=1S/C27H33NO4/c1-17(2)5-4-6-18(3)9-11-28-12-10-20-14-25(30)26(31)15-21(20)23(28)13-19-7-8-24(29)27(32)22(19)16-28/h5,7-9,14-15,23H,4,6,10-13,16H2,1-3H3,(H3-,29,30,31,32)/p+1/b18-9+/t23-,28-/m1/s1. The number of phenols is 4. The van der Waals surface area contributed by atoms with Gasteiger partial charge in [-0.25, -0.2) is 0 Å². The molecule has 2 aliphatic rings. The van der Waals surface area contributed by atoms with Crippen molar-refractivity contribution in [3.63, 3.8) is 0 Å². The third-order valence-corrected chi connectivity index (χ3v) is 7.22. The van der Waals surface area contributed by atoms with Crippen LogP contribution >= 0.6 is 0 Å². The average molecular weight is 437 g/mol. The zero-order valence-electron chi connectivity index (χ0n) is 19.2. The van der Waals surface area contributed by atoms with Gasteiger partial charge in [-0.15, -0.1) is 0 Å². The fourth-order valence-corrected chi connectivity index (χ4v) is 5.32. The number of phenolic OH excluding ortho intramolecular Hbond substituents is 4. The molecule has 2 aromatic carbocycles. The average Bonchev–Trinajstić information content (AvgIpc) is 2.75. The Hall–Kier alpha value is -2.92. The van der Waals surface area contributed by atoms with Gasteiger partial charge in [0.05, 0.1) is 18.7 Å². The molecule has 32 heavy (non-hydrogen) atoms. The summed E-state index contributed by atoms with van der Waals surface area (Å²) in [4.78, 5) is 0. The van der Waals surface area contributed by atoms with Crippen LogP contribution in [0.5, 0.6) is 23.0 Å². The van der Waals surface area contributed by atoms with Crippen LogP contribution < -0.4 is 0 Å². The molecule has 4 rings (SSSR count). The Balaban J connectivity index is 1.73. The molecule has 2 aromatic rings. The lowest BCUT2D eigenvalue weighted by Gasteiger charge is -2.51. The smallest absolute Gasteiger partial charge is 0.166 e. The van der Waals surface area contributed by atoms with E-state index in [4.69, 9.17) is 0 Å². The molecule has 0 fully saturated rings. The molecule has 2 aliphatic heterocycles. The first kappa shape index (κ1) is 22.3. The number of quaternary nitrogens is 1. The zero-order valence-corrected chi connectivity index (χ0v) is 19.2. The van der Waals surface area contributed by atoms with Crippen molar-refractivity contribution in [2.24, 2.45) is 0 Å². The molecule has 2 heterocycles. The predicted molar refractivity (Wildman–Crippen MR) is 126 cm³/mol. The lowest BCUT2D eigenvalue weighted by molar-refractivity contribution is -0.968. The predicted octanol–water partition coefficient (Wildman–Crippen LogP) is 5.37. The summed E-state index contributed by atoms with van der Waals surface area (Å²) < 4.78 is 0.737. The summed E-state index contributed by atoms with van der Waals surface area (Å²) in [5.41, 5.74) is 6.68. The third-order valence-electron chi connectivity index (χ3n) is 7.22. The second-order valence-corrected chi connectivity index (χ2v) is 9.73. The highest BCUT2D eigenvalue weighted by molar-refractivity contribution is 5.52. The van der Waals surface area contributed by atoms with Gasteiger partial charge in [-0.1, -0.05) is 23.3 Å². The quantitative estimate of drug-likeness (QED) is 0.288. The second kappa shape index (κ2) is 8.55. The molecule has 0 saturated heterocycles. The fourth-order valence-electron chi connectivity index (χ4n) is 5.32. The first-order valence-electron chi connectivity index (χ1n) is 11.4. The second-order valence-electron chi connectivity index (χ2n) is 9.73. The van der Waals surface area contributed by atoms with Crippen molar-refractivity contribution in [2.75, 3.05) is 13.1 Å². The molecule has 0 amide bonds. The van der Waals surface area contributed by atoms with Crippen molar-refractivity contribution in [1.82, 2.24) is 0 Å². The number of hydrogen-bond donors (Lipinski definition) is 4. The van der Waals surface area contributed by atoms with Gasteiger partial charge in [-0.3, -0.25) is 0 Å². The number of fused-ring (bicyclic) bond motifs is 4. The molecule has 0 bridgehead atoms. The van der Waals surface area contributed by atoms with E-state index in [1.54, 1.807) is 18.2 Å². The summed E-state index contributed by atoms with van der Waals surface area (Å²) in [6, 6.07) is 6.98. The van der Waals surface area contributed by atoms with Gasteiger partial charge in [-0.2, -0.15) is 0 Å². The van der Waals surface area contributed by atoms with Gasteiger partial charge < -0.3 is 24.9 Å². The summed E-state index contributed by atoms with van der Waals surface area (Å²) >= 11 is 0. The highest BCUT2D eigenvalue weighted by Gasteiger charge is 2.46. The Labute approximate surface area is 190 Å². The summed E-state index contributed by atoms with van der Waals surface area (Å²) in [6.07, 6.45) is 8.13. The lowest BCUT2D eigenvalue weighted by atomic mass is 9.80. The molecule has 2 atom stereocenters. The topological polar surface area (TPSA) is 80.9 Å². The van der Waals surface area contributed by atoms with Crippen LogP contribution in [0.25, 0.3) is 0 Å². The molecule has 0 aromatic heterocycles. The summed E-state index contributed by atoms with van der Waals surface area (Å²) in [6.45, 7) is 8.73. The van der Waals surface area contributed by atoms with Crippen LogP contribution in [-0.2, 0) is 19.4 Å². The largest absolute Gasteiger partial charge is 0.504 e. The van der Waals surface area contributed by atoms with Gasteiger partial charge in [0.1, 0.15) is 12.6 Å². The Kier molecular flexibility index (Phi) is 5.95. The number of nitrogens with zero attached hydrogens (tertiary/aromatic N) is 1. The maximum atomic E-state index is 10.6. The molecule has 5 nitrogen and oxygen atoms in total. The van der Waals surface area contributed by atoms with Crippen molar-refractivity contribution < 1.29 is 24.9 Å². The van der Waals surface area contributed by atoms with Crippen LogP contribution in [0.1, 0.15) is 61.9 Å². The Morgan fingerprint density at radius 1 is 0.969 bits per heavy atom. The van der Waals surface area contributed by atoms with Crippen LogP contribution in [0.3, 0.4) is 0 Å². The SMILES string of the molecule is CC(C)=CCC/C(C)=C/C[N@+]12CCc3cc(O)c(O)cc3[C@H]1Cc1ccc(O)c(O)c1C2. The zero-order chi connectivity index (χ0) is 23.0. The summed E-state index contributed by atoms with van der Waals surface area (Å²) in [7, 11) is 0. The Morgan fingerprint density at radius 2 is 1.72 bits per heavy atom. The number of aromatic hydroxyl groups is 4. The lowest BCUT2D eigenvalue weighted by Crippen LogP contribution is -2.56. The van der Waals surface area contributed by atoms with E-state index in [1.165, 1.54) is 11.1 Å². The maximum absolute atomic E-state index is 10.6. The number of hydrogen-bond acceptors (Lipinski definition) is 4.